The molecule has 2 atom stereocenters. The van der Waals surface area contributed by atoms with E-state index in [-0.39, 0.29) is 35.4 Å². The van der Waals surface area contributed by atoms with Crippen LogP contribution in [0.1, 0.15) is 45.4 Å². The van der Waals surface area contributed by atoms with Crippen LogP contribution in [0.4, 0.5) is 0 Å². The summed E-state index contributed by atoms with van der Waals surface area (Å²) in [6, 6.07) is 20.6. The molecule has 41 heavy (non-hydrogen) atoms. The van der Waals surface area contributed by atoms with Gasteiger partial charge in [-0.3, -0.25) is 9.59 Å². The number of benzene rings is 2. The molecule has 218 valence electrons. The number of rotatable bonds is 10. The van der Waals surface area contributed by atoms with Gasteiger partial charge in [0.1, 0.15) is 11.2 Å². The minimum atomic E-state index is -1.17. The van der Waals surface area contributed by atoms with Crippen LogP contribution in [0.15, 0.2) is 84.1 Å². The van der Waals surface area contributed by atoms with Gasteiger partial charge in [-0.1, -0.05) is 78.7 Å². The van der Waals surface area contributed by atoms with Gasteiger partial charge in [-0.25, -0.2) is 0 Å². The number of ether oxygens (including phenoxy) is 2. The Morgan fingerprint density at radius 3 is 2.07 bits per heavy atom. The monoisotopic (exact) mass is 618 g/mol. The first-order valence-corrected chi connectivity index (χ1v) is 14.4. The fourth-order valence-corrected chi connectivity index (χ4v) is 7.05. The van der Waals surface area contributed by atoms with Gasteiger partial charge in [0.25, 0.3) is 0 Å². The Morgan fingerprint density at radius 2 is 1.56 bits per heavy atom. The van der Waals surface area contributed by atoms with Gasteiger partial charge in [0.2, 0.25) is 0 Å². The number of allylic oxidation sites excluding steroid dienone is 3. The molecule has 0 bridgehead atoms. The smallest absolute Gasteiger partial charge is 0 e. The molecule has 0 aliphatic heterocycles. The van der Waals surface area contributed by atoms with Crippen LogP contribution in [-0.4, -0.2) is 32.1 Å². The van der Waals surface area contributed by atoms with Crippen LogP contribution < -0.4 is 10.6 Å². The third-order valence-electron chi connectivity index (χ3n) is 7.11. The van der Waals surface area contributed by atoms with Gasteiger partial charge in [0.05, 0.1) is 28.5 Å². The Labute approximate surface area is 254 Å². The topological polar surface area (TPSA) is 102 Å². The number of hydrogen-bond donors (Lipinski definition) is 0. The summed E-state index contributed by atoms with van der Waals surface area (Å²) in [5.41, 5.74) is -0.0177. The summed E-state index contributed by atoms with van der Waals surface area (Å²) in [6.45, 7) is 11.6. The molecule has 0 radical (unpaired) electrons. The Bertz CT molecular complexity index is 1150. The summed E-state index contributed by atoms with van der Waals surface area (Å²) < 4.78 is 32.7. The molecule has 2 aliphatic rings. The summed E-state index contributed by atoms with van der Waals surface area (Å²) in [7, 11) is 0.670. The van der Waals surface area contributed by atoms with Gasteiger partial charge in [-0.15, -0.1) is 0 Å². The van der Waals surface area contributed by atoms with Crippen molar-refractivity contribution < 1.29 is 50.0 Å². The largest absolute Gasteiger partial charge is 0 e. The minimum Gasteiger partial charge on any atom is 0 e. The predicted molar refractivity (Wildman–Crippen MR) is 151 cm³/mol. The fraction of sp³-hybridized carbons (Fsp3) is 0.375. The second-order valence-electron chi connectivity index (χ2n) is 9.23. The summed E-state index contributed by atoms with van der Waals surface area (Å²) in [6.07, 6.45) is 7.84. The van der Waals surface area contributed by atoms with Crippen molar-refractivity contribution in [2.75, 3.05) is 20.3 Å². The van der Waals surface area contributed by atoms with E-state index in [4.69, 9.17) is 23.3 Å². The molecule has 0 saturated heterocycles. The molecule has 1 saturated carbocycles. The zero-order valence-corrected chi connectivity index (χ0v) is 25.3. The average Bonchev–Trinajstić information content (AvgIpc) is 3.02. The van der Waals surface area contributed by atoms with Crippen LogP contribution in [0.2, 0.25) is 0 Å². The first-order valence-electron chi connectivity index (χ1n) is 13.2. The maximum absolute atomic E-state index is 13.3. The molecule has 0 N–H and O–H groups in total. The Kier molecular flexibility index (Phi) is 17.2. The van der Waals surface area contributed by atoms with Crippen molar-refractivity contribution in [1.82, 2.24) is 0 Å². The maximum atomic E-state index is 13.3. The third kappa shape index (κ3) is 9.12. The molecule has 2 aromatic carbocycles. The van der Waals surface area contributed by atoms with E-state index in [9.17, 15) is 9.59 Å². The summed E-state index contributed by atoms with van der Waals surface area (Å²) in [4.78, 5) is 26.5. The van der Waals surface area contributed by atoms with E-state index in [0.29, 0.717) is 31.6 Å². The normalized spacial score (nSPS) is 19.5. The van der Waals surface area contributed by atoms with Crippen molar-refractivity contribution in [2.45, 2.75) is 45.4 Å². The Balaban J connectivity index is 0.00000161. The van der Waals surface area contributed by atoms with Gasteiger partial charge in [-0.2, -0.15) is 0 Å². The second kappa shape index (κ2) is 19.4. The molecule has 0 spiro atoms. The molecular weight excluding hydrogens is 583 g/mol. The zero-order valence-electron chi connectivity index (χ0n) is 23.3. The molecule has 2 aliphatic carbocycles. The molecule has 7 nitrogen and oxygen atoms in total. The summed E-state index contributed by atoms with van der Waals surface area (Å²) >= 11 is 0. The number of Topliss-reactive ketones (excluding diaryl/α,β-unsaturated/α-hetero) is 1. The number of carbonyl (C=O) groups is 2. The molecule has 1 fully saturated rings. The van der Waals surface area contributed by atoms with Gasteiger partial charge >= 0.3 is 28.6 Å². The van der Waals surface area contributed by atoms with Crippen molar-refractivity contribution in [3.63, 3.8) is 0 Å². The van der Waals surface area contributed by atoms with E-state index >= 15 is 0 Å². The first-order chi connectivity index (χ1) is 19.6. The molecular formula is C32H35FeO7P. The van der Waals surface area contributed by atoms with Crippen LogP contribution in [0, 0.1) is 24.6 Å². The predicted octanol–water partition coefficient (Wildman–Crippen LogP) is 5.53. The van der Waals surface area contributed by atoms with Crippen molar-refractivity contribution in [1.29, 1.82) is 0 Å². The van der Waals surface area contributed by atoms with Crippen LogP contribution >= 0.6 is 8.15 Å². The van der Waals surface area contributed by atoms with Crippen molar-refractivity contribution in [2.24, 2.45) is 11.3 Å². The van der Waals surface area contributed by atoms with Crippen molar-refractivity contribution in [3.8, 4) is 0 Å². The molecule has 0 aromatic heterocycles. The van der Waals surface area contributed by atoms with Gasteiger partial charge < -0.3 is 14.0 Å². The van der Waals surface area contributed by atoms with Crippen molar-refractivity contribution in [3.05, 3.63) is 97.4 Å². The quantitative estimate of drug-likeness (QED) is 0.0871. The number of ketones is 1. The van der Waals surface area contributed by atoms with E-state index in [1.807, 2.05) is 42.5 Å². The van der Waals surface area contributed by atoms with Gasteiger partial charge in [0.15, 0.2) is 5.78 Å². The summed E-state index contributed by atoms with van der Waals surface area (Å²) in [5, 5.41) is 2.34. The maximum Gasteiger partial charge on any atom is 0 e. The van der Waals surface area contributed by atoms with Crippen LogP contribution in [0.3, 0.4) is 0 Å². The number of esters is 1. The zero-order chi connectivity index (χ0) is 29.4. The van der Waals surface area contributed by atoms with Crippen LogP contribution in [-0.2, 0) is 50.0 Å². The summed E-state index contributed by atoms with van der Waals surface area (Å²) in [5.74, 6) is -0.0935. The molecule has 2 aromatic rings. The van der Waals surface area contributed by atoms with Crippen LogP contribution in [0.25, 0.3) is 0 Å². The van der Waals surface area contributed by atoms with E-state index in [2.05, 4.69) is 43.6 Å². The minimum absolute atomic E-state index is 0. The van der Waals surface area contributed by atoms with E-state index in [1.54, 1.807) is 14.0 Å². The number of carbonyl (C=O) groups excluding carboxylic acids is 2. The molecule has 0 heterocycles. The fourth-order valence-electron chi connectivity index (χ4n) is 5.29. The molecule has 2 unspecified atom stereocenters. The average molecular weight is 618 g/mol. The van der Waals surface area contributed by atoms with E-state index in [1.165, 1.54) is 10.6 Å². The Hall–Kier alpha value is -2.75. The second-order valence-corrected chi connectivity index (χ2v) is 11.1. The van der Waals surface area contributed by atoms with Crippen LogP contribution in [0.5, 0.6) is 0 Å². The number of methoxy groups -OCH3 is 1. The molecule has 9 heteroatoms. The van der Waals surface area contributed by atoms with Gasteiger partial charge in [-0.05, 0) is 38.7 Å². The molecule has 4 rings (SSSR count). The third-order valence-corrected chi connectivity index (χ3v) is 9.09. The number of hydrogen-bond acceptors (Lipinski definition) is 5. The molecule has 0 amide bonds. The van der Waals surface area contributed by atoms with Gasteiger partial charge in [0, 0.05) is 40.0 Å². The van der Waals surface area contributed by atoms with Crippen molar-refractivity contribution >= 4 is 30.5 Å². The SMILES string of the molecule is CCOC(=O)C1(C2CC(CCOP(c3ccccc3)c3ccccc3)=CC=C2OC)CCCCC1=O.[C-]#[O+].[C-]#[O+].[Fe]. The first kappa shape index (κ1) is 36.3. The standard InChI is InChI=1S/C30H35O5P.2CO.Fe/c1-3-34-29(32)30(20-11-10-16-28(30)31)26-22-23(17-18-27(26)33-2)19-21-35-36(24-12-6-4-7-13-24)25-14-8-5-9-15-25;2*1-2;/h4-9,12-15,17-18,26H,3,10-11,16,19-22H2,1-2H3;;;. The van der Waals surface area contributed by atoms with E-state index < -0.39 is 19.5 Å². The Morgan fingerprint density at radius 1 is 0.976 bits per heavy atom. The van der Waals surface area contributed by atoms with E-state index in [0.717, 1.165) is 24.8 Å².